The quantitative estimate of drug-likeness (QED) is 0.688. The molecule has 1 unspecified atom stereocenters. The van der Waals surface area contributed by atoms with E-state index in [1.54, 1.807) is 0 Å². The van der Waals surface area contributed by atoms with Crippen LogP contribution in [-0.2, 0) is 17.9 Å². The summed E-state index contributed by atoms with van der Waals surface area (Å²) in [5.74, 6) is -0.626. The summed E-state index contributed by atoms with van der Waals surface area (Å²) < 4.78 is 0. The number of amides is 1. The van der Waals surface area contributed by atoms with E-state index in [0.717, 1.165) is 13.1 Å². The molecule has 0 saturated carbocycles. The maximum absolute atomic E-state index is 11.5. The van der Waals surface area contributed by atoms with Crippen molar-refractivity contribution in [2.24, 2.45) is 11.7 Å². The highest BCUT2D eigenvalue weighted by atomic mass is 16.3. The van der Waals surface area contributed by atoms with Crippen LogP contribution >= 0.6 is 0 Å². The Bertz CT molecular complexity index is 619. The predicted molar refractivity (Wildman–Crippen MR) is 105 cm³/mol. The third-order valence-corrected chi connectivity index (χ3v) is 5.01. The summed E-state index contributed by atoms with van der Waals surface area (Å²) in [5.41, 5.74) is 7.85. The molecule has 4 nitrogen and oxygen atoms in total. The number of primary amides is 1. The SMILES string of the molecule is CCC(C[C@H](O)[C@H](C)N(Cc1ccccc1)Cc1ccccc1)C(N)=O. The summed E-state index contributed by atoms with van der Waals surface area (Å²) in [6, 6.07) is 20.4. The Morgan fingerprint density at radius 2 is 1.46 bits per heavy atom. The second kappa shape index (κ2) is 10.1. The molecule has 3 atom stereocenters. The Labute approximate surface area is 156 Å². The van der Waals surface area contributed by atoms with Crippen molar-refractivity contribution in [3.63, 3.8) is 0 Å². The minimum absolute atomic E-state index is 0.0937. The lowest BCUT2D eigenvalue weighted by atomic mass is 9.94. The van der Waals surface area contributed by atoms with Crippen LogP contribution in [0.4, 0.5) is 0 Å². The molecule has 0 saturated heterocycles. The fourth-order valence-electron chi connectivity index (χ4n) is 3.20. The normalized spacial score (nSPS) is 14.8. The molecule has 0 aliphatic carbocycles. The Kier molecular flexibility index (Phi) is 7.82. The number of hydrogen-bond donors (Lipinski definition) is 2. The minimum atomic E-state index is -0.611. The van der Waals surface area contributed by atoms with Crippen LogP contribution in [0.3, 0.4) is 0 Å². The highest BCUT2D eigenvalue weighted by Crippen LogP contribution is 2.20. The molecule has 2 rings (SSSR count). The zero-order valence-corrected chi connectivity index (χ0v) is 15.7. The van der Waals surface area contributed by atoms with Crippen molar-refractivity contribution in [2.45, 2.75) is 51.9 Å². The van der Waals surface area contributed by atoms with Gasteiger partial charge in [0.25, 0.3) is 0 Å². The van der Waals surface area contributed by atoms with Crippen molar-refractivity contribution >= 4 is 5.91 Å². The standard InChI is InChI=1S/C22H30N2O2/c1-3-20(22(23)26)14-21(25)17(2)24(15-18-10-6-4-7-11-18)16-19-12-8-5-9-13-19/h4-13,17,20-21,25H,3,14-16H2,1-2H3,(H2,23,26)/t17-,20?,21-/m0/s1. The molecular formula is C22H30N2O2. The average Bonchev–Trinajstić information content (AvgIpc) is 2.66. The topological polar surface area (TPSA) is 66.6 Å². The van der Waals surface area contributed by atoms with Crippen molar-refractivity contribution in [3.05, 3.63) is 71.8 Å². The Morgan fingerprint density at radius 1 is 1.00 bits per heavy atom. The van der Waals surface area contributed by atoms with Crippen LogP contribution in [0, 0.1) is 5.92 Å². The molecule has 0 aromatic heterocycles. The van der Waals surface area contributed by atoms with Crippen LogP contribution in [0.15, 0.2) is 60.7 Å². The zero-order valence-electron chi connectivity index (χ0n) is 15.7. The van der Waals surface area contributed by atoms with Crippen LogP contribution in [0.25, 0.3) is 0 Å². The van der Waals surface area contributed by atoms with Gasteiger partial charge in [0.05, 0.1) is 6.10 Å². The fourth-order valence-corrected chi connectivity index (χ4v) is 3.20. The molecule has 26 heavy (non-hydrogen) atoms. The van der Waals surface area contributed by atoms with E-state index < -0.39 is 6.10 Å². The van der Waals surface area contributed by atoms with E-state index in [1.165, 1.54) is 11.1 Å². The second-order valence-corrected chi connectivity index (χ2v) is 6.93. The summed E-state index contributed by atoms with van der Waals surface area (Å²) in [6.07, 6.45) is 0.434. The molecular weight excluding hydrogens is 324 g/mol. The Hall–Kier alpha value is -2.17. The highest BCUT2D eigenvalue weighted by molar-refractivity contribution is 5.76. The molecule has 140 valence electrons. The maximum Gasteiger partial charge on any atom is 0.220 e. The van der Waals surface area contributed by atoms with Crippen LogP contribution in [-0.4, -0.2) is 28.1 Å². The third-order valence-electron chi connectivity index (χ3n) is 5.01. The second-order valence-electron chi connectivity index (χ2n) is 6.93. The van der Waals surface area contributed by atoms with Gasteiger partial charge in [-0.05, 0) is 30.9 Å². The first-order valence-corrected chi connectivity index (χ1v) is 9.30. The van der Waals surface area contributed by atoms with Crippen molar-refractivity contribution in [1.29, 1.82) is 0 Å². The molecule has 3 N–H and O–H groups in total. The molecule has 1 amide bonds. The van der Waals surface area contributed by atoms with Gasteiger partial charge in [-0.15, -0.1) is 0 Å². The lowest BCUT2D eigenvalue weighted by molar-refractivity contribution is -0.123. The number of rotatable bonds is 10. The van der Waals surface area contributed by atoms with E-state index in [0.29, 0.717) is 12.8 Å². The predicted octanol–water partition coefficient (Wildman–Crippen LogP) is 3.34. The smallest absolute Gasteiger partial charge is 0.220 e. The van der Waals surface area contributed by atoms with Crippen molar-refractivity contribution in [2.75, 3.05) is 0 Å². The third kappa shape index (κ3) is 5.97. The molecule has 0 aliphatic heterocycles. The van der Waals surface area contributed by atoms with Gasteiger partial charge >= 0.3 is 0 Å². The molecule has 0 heterocycles. The van der Waals surface area contributed by atoms with Crippen LogP contribution in [0.2, 0.25) is 0 Å². The Balaban J connectivity index is 2.14. The summed E-state index contributed by atoms with van der Waals surface area (Å²) in [5, 5.41) is 10.7. The summed E-state index contributed by atoms with van der Waals surface area (Å²) in [4.78, 5) is 13.8. The van der Waals surface area contributed by atoms with E-state index in [1.807, 2.05) is 50.2 Å². The fraction of sp³-hybridized carbons (Fsp3) is 0.409. The number of aliphatic hydroxyl groups is 1. The van der Waals surface area contributed by atoms with Gasteiger partial charge in [0.15, 0.2) is 0 Å². The molecule has 2 aromatic rings. The number of nitrogens with zero attached hydrogens (tertiary/aromatic N) is 1. The maximum atomic E-state index is 11.5. The first-order valence-electron chi connectivity index (χ1n) is 9.30. The summed E-state index contributed by atoms with van der Waals surface area (Å²) >= 11 is 0. The van der Waals surface area contributed by atoms with Crippen molar-refractivity contribution in [3.8, 4) is 0 Å². The van der Waals surface area contributed by atoms with Gasteiger partial charge in [-0.1, -0.05) is 67.6 Å². The van der Waals surface area contributed by atoms with E-state index >= 15 is 0 Å². The van der Waals surface area contributed by atoms with Gasteiger partial charge in [0.2, 0.25) is 5.91 Å². The van der Waals surface area contributed by atoms with Gasteiger partial charge in [0.1, 0.15) is 0 Å². The Morgan fingerprint density at radius 3 is 1.85 bits per heavy atom. The monoisotopic (exact) mass is 354 g/mol. The van der Waals surface area contributed by atoms with Crippen LogP contribution in [0.5, 0.6) is 0 Å². The molecule has 2 aromatic carbocycles. The average molecular weight is 354 g/mol. The first-order chi connectivity index (χ1) is 12.5. The van der Waals surface area contributed by atoms with Gasteiger partial charge in [-0.25, -0.2) is 0 Å². The lowest BCUT2D eigenvalue weighted by Gasteiger charge is -2.33. The van der Waals surface area contributed by atoms with E-state index in [9.17, 15) is 9.90 Å². The highest BCUT2D eigenvalue weighted by Gasteiger charge is 2.26. The van der Waals surface area contributed by atoms with Crippen LogP contribution in [0.1, 0.15) is 37.8 Å². The molecule has 4 heteroatoms. The van der Waals surface area contributed by atoms with Gasteiger partial charge < -0.3 is 10.8 Å². The van der Waals surface area contributed by atoms with Crippen molar-refractivity contribution < 1.29 is 9.90 Å². The van der Waals surface area contributed by atoms with E-state index in [4.69, 9.17) is 5.73 Å². The van der Waals surface area contributed by atoms with Crippen LogP contribution < -0.4 is 5.73 Å². The minimum Gasteiger partial charge on any atom is -0.391 e. The molecule has 0 fully saturated rings. The summed E-state index contributed by atoms with van der Waals surface area (Å²) in [6.45, 7) is 5.42. The molecule has 0 bridgehead atoms. The largest absolute Gasteiger partial charge is 0.391 e. The number of carbonyl (C=O) groups excluding carboxylic acids is 1. The number of benzene rings is 2. The zero-order chi connectivity index (χ0) is 18.9. The van der Waals surface area contributed by atoms with Gasteiger partial charge in [0, 0.05) is 25.0 Å². The first kappa shape index (κ1) is 20.1. The number of nitrogens with two attached hydrogens (primary N) is 1. The molecule has 0 aliphatic rings. The number of carbonyl (C=O) groups is 1. The van der Waals surface area contributed by atoms with E-state index in [-0.39, 0.29) is 17.9 Å². The van der Waals surface area contributed by atoms with Gasteiger partial charge in [-0.3, -0.25) is 9.69 Å². The van der Waals surface area contributed by atoms with E-state index in [2.05, 4.69) is 29.2 Å². The number of aliphatic hydroxyl groups excluding tert-OH is 1. The molecule has 0 radical (unpaired) electrons. The van der Waals surface area contributed by atoms with Crippen molar-refractivity contribution in [1.82, 2.24) is 4.90 Å². The summed E-state index contributed by atoms with van der Waals surface area (Å²) in [7, 11) is 0. The van der Waals surface area contributed by atoms with Gasteiger partial charge in [-0.2, -0.15) is 0 Å². The molecule has 0 spiro atoms. The lowest BCUT2D eigenvalue weighted by Crippen LogP contribution is -2.42. The number of hydrogen-bond acceptors (Lipinski definition) is 3.